The molecule has 0 fully saturated rings. The summed E-state index contributed by atoms with van der Waals surface area (Å²) in [7, 11) is 0. The molecule has 0 rings (SSSR count). The normalized spacial score (nSPS) is 12.6. The molecule has 3 nitrogen and oxygen atoms in total. The third-order valence-corrected chi connectivity index (χ3v) is 1.52. The number of carbonyl (C=O) groups is 1. The Morgan fingerprint density at radius 2 is 2.33 bits per heavy atom. The second-order valence-corrected chi connectivity index (χ2v) is 2.75. The number of hydrogen-bond acceptors (Lipinski definition) is 2. The summed E-state index contributed by atoms with van der Waals surface area (Å²) in [5, 5.41) is 2.60. The predicted octanol–water partition coefficient (Wildman–Crippen LogP) is 1.02. The lowest BCUT2D eigenvalue weighted by Gasteiger charge is -2.11. The van der Waals surface area contributed by atoms with Crippen molar-refractivity contribution in [3.05, 3.63) is 6.92 Å². The van der Waals surface area contributed by atoms with Crippen LogP contribution in [0.15, 0.2) is 0 Å². The van der Waals surface area contributed by atoms with Crippen LogP contribution in [-0.2, 0) is 9.53 Å². The summed E-state index contributed by atoms with van der Waals surface area (Å²) in [5.74, 6) is -0.459. The van der Waals surface area contributed by atoms with Crippen LogP contribution in [0, 0.1) is 6.92 Å². The van der Waals surface area contributed by atoms with E-state index < -0.39 is 5.91 Å². The molecule has 0 heterocycles. The van der Waals surface area contributed by atoms with Gasteiger partial charge in [-0.05, 0) is 26.7 Å². The van der Waals surface area contributed by atoms with Gasteiger partial charge in [-0.2, -0.15) is 0 Å². The maximum Gasteiger partial charge on any atom is 0.224 e. The first kappa shape index (κ1) is 11.4. The third kappa shape index (κ3) is 7.54. The van der Waals surface area contributed by atoms with E-state index in [1.54, 1.807) is 0 Å². The highest BCUT2D eigenvalue weighted by Gasteiger charge is 2.01. The first-order valence-corrected chi connectivity index (χ1v) is 4.30. The van der Waals surface area contributed by atoms with Crippen molar-refractivity contribution < 1.29 is 9.53 Å². The molecular weight excluding hydrogens is 154 g/mol. The van der Waals surface area contributed by atoms with Crippen LogP contribution >= 0.6 is 0 Å². The van der Waals surface area contributed by atoms with Crippen LogP contribution in [0.3, 0.4) is 0 Å². The molecule has 0 aromatic rings. The molecule has 3 heteroatoms. The number of ether oxygens (including phenoxy) is 1. The largest absolute Gasteiger partial charge is 0.382 e. The number of rotatable bonds is 6. The van der Waals surface area contributed by atoms with Crippen molar-refractivity contribution in [2.45, 2.75) is 32.7 Å². The predicted molar refractivity (Wildman–Crippen MR) is 47.6 cm³/mol. The minimum Gasteiger partial charge on any atom is -0.382 e. The van der Waals surface area contributed by atoms with Gasteiger partial charge in [0.2, 0.25) is 5.91 Å². The second-order valence-electron chi connectivity index (χ2n) is 2.75. The van der Waals surface area contributed by atoms with E-state index >= 15 is 0 Å². The Bertz CT molecular complexity index is 126. The maximum absolute atomic E-state index is 10.4. The number of hydrogen-bond donors (Lipinski definition) is 1. The van der Waals surface area contributed by atoms with Crippen molar-refractivity contribution in [2.75, 3.05) is 13.2 Å². The molecule has 1 unspecified atom stereocenters. The highest BCUT2D eigenvalue weighted by atomic mass is 16.5. The van der Waals surface area contributed by atoms with Gasteiger partial charge in [-0.1, -0.05) is 0 Å². The van der Waals surface area contributed by atoms with Crippen LogP contribution in [-0.4, -0.2) is 25.2 Å². The SMILES string of the molecule is [CH]C(=O)NC(C)CCCOCC. The maximum atomic E-state index is 10.4. The summed E-state index contributed by atoms with van der Waals surface area (Å²) >= 11 is 0. The fourth-order valence-corrected chi connectivity index (χ4v) is 0.951. The van der Waals surface area contributed by atoms with Crippen molar-refractivity contribution in [3.8, 4) is 0 Å². The van der Waals surface area contributed by atoms with E-state index in [4.69, 9.17) is 11.7 Å². The van der Waals surface area contributed by atoms with Crippen LogP contribution in [0.1, 0.15) is 26.7 Å². The van der Waals surface area contributed by atoms with E-state index in [0.717, 1.165) is 26.1 Å². The van der Waals surface area contributed by atoms with Gasteiger partial charge in [0.05, 0.1) is 6.92 Å². The number of nitrogens with one attached hydrogen (secondary N) is 1. The zero-order chi connectivity index (χ0) is 9.40. The van der Waals surface area contributed by atoms with E-state index in [2.05, 4.69) is 5.32 Å². The summed E-state index contributed by atoms with van der Waals surface area (Å²) in [4.78, 5) is 10.4. The lowest BCUT2D eigenvalue weighted by molar-refractivity contribution is -0.117. The van der Waals surface area contributed by atoms with E-state index in [9.17, 15) is 4.79 Å². The third-order valence-electron chi connectivity index (χ3n) is 1.52. The molecule has 0 spiro atoms. The summed E-state index contributed by atoms with van der Waals surface area (Å²) in [6.07, 6.45) is 1.86. The molecule has 1 N–H and O–H groups in total. The van der Waals surface area contributed by atoms with Crippen molar-refractivity contribution in [1.29, 1.82) is 0 Å². The van der Waals surface area contributed by atoms with Gasteiger partial charge >= 0.3 is 0 Å². The van der Waals surface area contributed by atoms with Gasteiger partial charge in [-0.15, -0.1) is 0 Å². The average molecular weight is 171 g/mol. The molecule has 0 aliphatic rings. The Hall–Kier alpha value is -0.570. The molecule has 12 heavy (non-hydrogen) atoms. The van der Waals surface area contributed by atoms with Gasteiger partial charge in [-0.25, -0.2) is 0 Å². The fourth-order valence-electron chi connectivity index (χ4n) is 0.951. The molecule has 0 aliphatic carbocycles. The summed E-state index contributed by atoms with van der Waals surface area (Å²) in [6, 6.07) is 0.142. The molecule has 0 aliphatic heterocycles. The molecule has 2 radical (unpaired) electrons. The van der Waals surface area contributed by atoms with E-state index in [-0.39, 0.29) is 6.04 Å². The molecule has 0 aromatic heterocycles. The molecule has 0 aromatic carbocycles. The van der Waals surface area contributed by atoms with Crippen LogP contribution in [0.5, 0.6) is 0 Å². The Morgan fingerprint density at radius 1 is 1.67 bits per heavy atom. The van der Waals surface area contributed by atoms with Crippen LogP contribution < -0.4 is 5.32 Å². The van der Waals surface area contributed by atoms with E-state index in [1.807, 2.05) is 13.8 Å². The average Bonchev–Trinajstić information content (AvgIpc) is 1.97. The molecule has 70 valence electrons. The molecule has 0 saturated heterocycles. The molecule has 1 amide bonds. The molecule has 0 bridgehead atoms. The van der Waals surface area contributed by atoms with Crippen molar-refractivity contribution in [3.63, 3.8) is 0 Å². The van der Waals surface area contributed by atoms with Gasteiger partial charge in [-0.3, -0.25) is 4.79 Å². The van der Waals surface area contributed by atoms with Crippen molar-refractivity contribution in [2.24, 2.45) is 0 Å². The zero-order valence-corrected chi connectivity index (χ0v) is 7.80. The molecule has 0 saturated carbocycles. The van der Waals surface area contributed by atoms with Gasteiger partial charge in [0, 0.05) is 19.3 Å². The highest BCUT2D eigenvalue weighted by molar-refractivity contribution is 5.80. The van der Waals surface area contributed by atoms with Gasteiger partial charge in [0.25, 0.3) is 0 Å². The van der Waals surface area contributed by atoms with Gasteiger partial charge in [0.1, 0.15) is 0 Å². The monoisotopic (exact) mass is 171 g/mol. The standard InChI is InChI=1S/C9H17NO2/c1-4-12-7-5-6-8(2)10-9(3)11/h3,8H,4-7H2,1-2H3,(H,10,11). The second kappa shape index (κ2) is 7.10. The Morgan fingerprint density at radius 3 is 2.83 bits per heavy atom. The van der Waals surface area contributed by atoms with Crippen LogP contribution in [0.2, 0.25) is 0 Å². The minimum absolute atomic E-state index is 0.142. The smallest absolute Gasteiger partial charge is 0.224 e. The van der Waals surface area contributed by atoms with Crippen LogP contribution in [0.25, 0.3) is 0 Å². The fraction of sp³-hybridized carbons (Fsp3) is 0.778. The summed E-state index contributed by atoms with van der Waals surface area (Å²) in [5.41, 5.74) is 0. The number of amides is 1. The van der Waals surface area contributed by atoms with Crippen molar-refractivity contribution in [1.82, 2.24) is 5.32 Å². The lowest BCUT2D eigenvalue weighted by atomic mass is 10.2. The quantitative estimate of drug-likeness (QED) is 0.606. The molecule has 1 atom stereocenters. The van der Waals surface area contributed by atoms with E-state index in [1.165, 1.54) is 0 Å². The lowest BCUT2D eigenvalue weighted by Crippen LogP contribution is -2.30. The topological polar surface area (TPSA) is 38.3 Å². The first-order valence-electron chi connectivity index (χ1n) is 4.30. The zero-order valence-electron chi connectivity index (χ0n) is 7.80. The van der Waals surface area contributed by atoms with Crippen LogP contribution in [0.4, 0.5) is 0 Å². The summed E-state index contributed by atoms with van der Waals surface area (Å²) in [6.45, 7) is 10.3. The Balaban J connectivity index is 3.19. The first-order chi connectivity index (χ1) is 5.66. The van der Waals surface area contributed by atoms with Gasteiger partial charge in [0.15, 0.2) is 0 Å². The molecular formula is C9H17NO2. The van der Waals surface area contributed by atoms with Gasteiger partial charge < -0.3 is 10.1 Å². The minimum atomic E-state index is -0.459. The van der Waals surface area contributed by atoms with Crippen molar-refractivity contribution >= 4 is 5.91 Å². The Kier molecular flexibility index (Phi) is 6.76. The Labute approximate surface area is 74.5 Å². The highest BCUT2D eigenvalue weighted by Crippen LogP contribution is 1.96. The van der Waals surface area contributed by atoms with E-state index in [0.29, 0.717) is 0 Å². The summed E-state index contributed by atoms with van der Waals surface area (Å²) < 4.78 is 5.14. The number of carbonyl (C=O) groups excluding carboxylic acids is 1.